The molecule has 0 saturated heterocycles. The number of aryl methyl sites for hydroxylation is 1. The monoisotopic (exact) mass is 390 g/mol. The van der Waals surface area contributed by atoms with E-state index in [2.05, 4.69) is 31.5 Å². The summed E-state index contributed by atoms with van der Waals surface area (Å²) in [5.41, 5.74) is 3.77. The fourth-order valence-electron chi connectivity index (χ4n) is 2.48. The van der Waals surface area contributed by atoms with Gasteiger partial charge in [0.1, 0.15) is 5.69 Å². The molecular weight excluding hydrogens is 372 g/mol. The van der Waals surface area contributed by atoms with E-state index in [0.29, 0.717) is 12.3 Å². The smallest absolute Gasteiger partial charge is 0.151 e. The summed E-state index contributed by atoms with van der Waals surface area (Å²) in [4.78, 5) is 0. The quantitative estimate of drug-likeness (QED) is 0.676. The van der Waals surface area contributed by atoms with Gasteiger partial charge in [0.2, 0.25) is 0 Å². The molecule has 0 saturated carbocycles. The summed E-state index contributed by atoms with van der Waals surface area (Å²) < 4.78 is 8.21. The van der Waals surface area contributed by atoms with E-state index in [0.717, 1.165) is 27.0 Å². The summed E-state index contributed by atoms with van der Waals surface area (Å²) in [6.07, 6.45) is 1.78. The zero-order valence-corrected chi connectivity index (χ0v) is 15.1. The number of hydrogen-bond acceptors (Lipinski definition) is 5. The molecule has 24 heavy (non-hydrogen) atoms. The molecule has 0 fully saturated rings. The van der Waals surface area contributed by atoms with Crippen LogP contribution in [0.5, 0.6) is 0 Å². The summed E-state index contributed by atoms with van der Waals surface area (Å²) in [5, 5.41) is 21.2. The molecule has 0 amide bonds. The lowest BCUT2D eigenvalue weighted by Gasteiger charge is -2.15. The molecule has 0 bridgehead atoms. The average Bonchev–Trinajstić information content (AvgIpc) is 3.17. The molecule has 2 heterocycles. The Kier molecular flexibility index (Phi) is 5.13. The highest BCUT2D eigenvalue weighted by Crippen LogP contribution is 2.23. The Balaban J connectivity index is 1.68. The van der Waals surface area contributed by atoms with Gasteiger partial charge in [-0.05, 0) is 24.6 Å². The minimum absolute atomic E-state index is 0.00431. The first kappa shape index (κ1) is 16.9. The first-order valence-corrected chi connectivity index (χ1v) is 8.42. The fourth-order valence-corrected chi connectivity index (χ4v) is 2.74. The van der Waals surface area contributed by atoms with Gasteiger partial charge in [-0.15, -0.1) is 0 Å². The van der Waals surface area contributed by atoms with Gasteiger partial charge < -0.3 is 14.9 Å². The zero-order valence-electron chi connectivity index (χ0n) is 13.5. The van der Waals surface area contributed by atoms with Crippen molar-refractivity contribution < 1.29 is 9.63 Å². The van der Waals surface area contributed by atoms with Gasteiger partial charge in [0, 0.05) is 28.8 Å². The van der Waals surface area contributed by atoms with Gasteiger partial charge in [-0.25, -0.2) is 0 Å². The van der Waals surface area contributed by atoms with Crippen molar-refractivity contribution in [3.8, 4) is 11.3 Å². The van der Waals surface area contributed by atoms with Crippen molar-refractivity contribution in [2.45, 2.75) is 19.5 Å². The number of hydrogen-bond donors (Lipinski definition) is 2. The third-order valence-electron chi connectivity index (χ3n) is 4.05. The van der Waals surface area contributed by atoms with Crippen LogP contribution >= 0.6 is 15.9 Å². The highest BCUT2D eigenvalue weighted by molar-refractivity contribution is 9.10. The first-order chi connectivity index (χ1) is 11.6. The molecule has 6 nitrogen and oxygen atoms in total. The standard InChI is InChI=1S/C17H19BrN4O2/c1-11-15(9-20-22(11)2)16-7-14(24-21-16)8-19-17(10-23)12-3-5-13(18)6-4-12/h3-7,9,17,19,23H,8,10H2,1-2H3. The number of benzene rings is 1. The molecule has 1 atom stereocenters. The van der Waals surface area contributed by atoms with Crippen molar-refractivity contribution >= 4 is 15.9 Å². The van der Waals surface area contributed by atoms with E-state index in [1.807, 2.05) is 44.3 Å². The molecule has 7 heteroatoms. The van der Waals surface area contributed by atoms with Crippen LogP contribution in [0.25, 0.3) is 11.3 Å². The lowest BCUT2D eigenvalue weighted by atomic mass is 10.1. The maximum atomic E-state index is 9.62. The van der Waals surface area contributed by atoms with Crippen molar-refractivity contribution in [1.82, 2.24) is 20.3 Å². The van der Waals surface area contributed by atoms with Gasteiger partial charge in [0.25, 0.3) is 0 Å². The van der Waals surface area contributed by atoms with Gasteiger partial charge in [-0.3, -0.25) is 4.68 Å². The van der Waals surface area contributed by atoms with Crippen LogP contribution in [0, 0.1) is 6.92 Å². The van der Waals surface area contributed by atoms with Crippen LogP contribution < -0.4 is 5.32 Å². The van der Waals surface area contributed by atoms with Gasteiger partial charge in [0.15, 0.2) is 5.76 Å². The van der Waals surface area contributed by atoms with E-state index >= 15 is 0 Å². The number of aliphatic hydroxyl groups excluding tert-OH is 1. The van der Waals surface area contributed by atoms with E-state index in [1.165, 1.54) is 0 Å². The maximum Gasteiger partial charge on any atom is 0.151 e. The van der Waals surface area contributed by atoms with E-state index in [-0.39, 0.29) is 12.6 Å². The third-order valence-corrected chi connectivity index (χ3v) is 4.58. The van der Waals surface area contributed by atoms with Crippen LogP contribution in [-0.2, 0) is 13.6 Å². The number of halogens is 1. The largest absolute Gasteiger partial charge is 0.394 e. The average molecular weight is 391 g/mol. The highest BCUT2D eigenvalue weighted by atomic mass is 79.9. The lowest BCUT2D eigenvalue weighted by molar-refractivity contribution is 0.238. The predicted octanol–water partition coefficient (Wildman–Crippen LogP) is 2.97. The number of aliphatic hydroxyl groups is 1. The molecule has 0 aliphatic carbocycles. The van der Waals surface area contributed by atoms with Crippen molar-refractivity contribution in [3.05, 3.63) is 58.0 Å². The number of aromatic nitrogens is 3. The minimum Gasteiger partial charge on any atom is -0.394 e. The third kappa shape index (κ3) is 3.58. The van der Waals surface area contributed by atoms with Gasteiger partial charge >= 0.3 is 0 Å². The topological polar surface area (TPSA) is 76.1 Å². The molecule has 1 unspecified atom stereocenters. The van der Waals surface area contributed by atoms with Crippen LogP contribution in [0.15, 0.2) is 45.5 Å². The number of nitrogens with one attached hydrogen (secondary N) is 1. The Morgan fingerprint density at radius 1 is 1.33 bits per heavy atom. The van der Waals surface area contributed by atoms with Crippen LogP contribution in [0.4, 0.5) is 0 Å². The van der Waals surface area contributed by atoms with E-state index in [1.54, 1.807) is 10.9 Å². The molecule has 2 N–H and O–H groups in total. The number of nitrogens with zero attached hydrogens (tertiary/aromatic N) is 3. The fraction of sp³-hybridized carbons (Fsp3) is 0.294. The second-order valence-corrected chi connectivity index (χ2v) is 6.53. The number of rotatable bonds is 6. The Morgan fingerprint density at radius 2 is 2.08 bits per heavy atom. The Morgan fingerprint density at radius 3 is 2.71 bits per heavy atom. The van der Waals surface area contributed by atoms with Crippen LogP contribution in [0.2, 0.25) is 0 Å². The molecular formula is C17H19BrN4O2. The molecule has 3 aromatic rings. The summed E-state index contributed by atoms with van der Waals surface area (Å²) >= 11 is 3.41. The molecule has 2 aromatic heterocycles. The van der Waals surface area contributed by atoms with Crippen molar-refractivity contribution in [2.75, 3.05) is 6.61 Å². The summed E-state index contributed by atoms with van der Waals surface area (Å²) in [7, 11) is 1.89. The van der Waals surface area contributed by atoms with Gasteiger partial charge in [0.05, 0.1) is 25.4 Å². The summed E-state index contributed by atoms with van der Waals surface area (Å²) in [6.45, 7) is 2.47. The normalized spacial score (nSPS) is 12.5. The van der Waals surface area contributed by atoms with Crippen molar-refractivity contribution in [2.24, 2.45) is 7.05 Å². The summed E-state index contributed by atoms with van der Waals surface area (Å²) in [6, 6.07) is 9.60. The van der Waals surface area contributed by atoms with Crippen LogP contribution in [0.1, 0.15) is 23.1 Å². The van der Waals surface area contributed by atoms with E-state index < -0.39 is 0 Å². The zero-order chi connectivity index (χ0) is 17.1. The predicted molar refractivity (Wildman–Crippen MR) is 94.3 cm³/mol. The molecule has 0 aliphatic heterocycles. The molecule has 3 rings (SSSR count). The Labute approximate surface area is 148 Å². The Bertz CT molecular complexity index is 810. The van der Waals surface area contributed by atoms with Crippen molar-refractivity contribution in [1.29, 1.82) is 0 Å². The maximum absolute atomic E-state index is 9.62. The van der Waals surface area contributed by atoms with Gasteiger partial charge in [-0.1, -0.05) is 33.2 Å². The summed E-state index contributed by atoms with van der Waals surface area (Å²) in [5.74, 6) is 0.712. The molecule has 1 aromatic carbocycles. The second kappa shape index (κ2) is 7.29. The van der Waals surface area contributed by atoms with Crippen LogP contribution in [0.3, 0.4) is 0 Å². The van der Waals surface area contributed by atoms with Gasteiger partial charge in [-0.2, -0.15) is 5.10 Å². The minimum atomic E-state index is -0.160. The molecule has 0 spiro atoms. The Hall–Kier alpha value is -1.96. The highest BCUT2D eigenvalue weighted by Gasteiger charge is 2.14. The SMILES string of the molecule is Cc1c(-c2cc(CNC(CO)c3ccc(Br)cc3)on2)cnn1C. The van der Waals surface area contributed by atoms with E-state index in [9.17, 15) is 5.11 Å². The molecule has 0 radical (unpaired) electrons. The molecule has 126 valence electrons. The first-order valence-electron chi connectivity index (χ1n) is 7.62. The molecule has 0 aliphatic rings. The van der Waals surface area contributed by atoms with Crippen LogP contribution in [-0.4, -0.2) is 26.7 Å². The second-order valence-electron chi connectivity index (χ2n) is 5.61. The van der Waals surface area contributed by atoms with E-state index in [4.69, 9.17) is 4.52 Å². The lowest BCUT2D eigenvalue weighted by Crippen LogP contribution is -2.23. The van der Waals surface area contributed by atoms with Crippen molar-refractivity contribution in [3.63, 3.8) is 0 Å².